The van der Waals surface area contributed by atoms with E-state index < -0.39 is 0 Å². The molecular weight excluding hydrogens is 332 g/mol. The summed E-state index contributed by atoms with van der Waals surface area (Å²) >= 11 is 0. The zero-order chi connectivity index (χ0) is 18.4. The Labute approximate surface area is 151 Å². The third kappa shape index (κ3) is 4.27. The minimum Gasteiger partial charge on any atom is -0.497 e. The van der Waals surface area contributed by atoms with Crippen molar-refractivity contribution in [1.82, 2.24) is 10.2 Å². The van der Waals surface area contributed by atoms with Crippen LogP contribution in [0.15, 0.2) is 60.7 Å². The van der Waals surface area contributed by atoms with Crippen LogP contribution in [0.25, 0.3) is 11.3 Å². The number of nitrogens with zero attached hydrogens (tertiary/aromatic N) is 2. The van der Waals surface area contributed by atoms with Gasteiger partial charge in [0.25, 0.3) is 0 Å². The van der Waals surface area contributed by atoms with Crippen molar-refractivity contribution in [3.63, 3.8) is 0 Å². The number of anilines is 2. The van der Waals surface area contributed by atoms with Crippen LogP contribution in [-0.2, 0) is 0 Å². The average Bonchev–Trinajstić information content (AvgIpc) is 2.68. The summed E-state index contributed by atoms with van der Waals surface area (Å²) in [5.41, 5.74) is 2.79. The number of carbonyl (C=O) groups is 1. The van der Waals surface area contributed by atoms with E-state index in [9.17, 15) is 4.79 Å². The molecule has 2 N–H and O–H groups in total. The lowest BCUT2D eigenvalue weighted by Gasteiger charge is -2.10. The van der Waals surface area contributed by atoms with Crippen molar-refractivity contribution in [1.29, 1.82) is 0 Å². The Kier molecular flexibility index (Phi) is 5.28. The zero-order valence-electron chi connectivity index (χ0n) is 14.4. The number of hydrogen-bond donors (Lipinski definition) is 2. The Morgan fingerprint density at radius 3 is 2.23 bits per heavy atom. The molecule has 0 atom stereocenters. The van der Waals surface area contributed by atoms with Crippen LogP contribution < -0.4 is 20.1 Å². The van der Waals surface area contributed by atoms with Gasteiger partial charge in [0.15, 0.2) is 0 Å². The summed E-state index contributed by atoms with van der Waals surface area (Å²) in [6.07, 6.45) is 0. The van der Waals surface area contributed by atoms with Crippen molar-refractivity contribution in [2.75, 3.05) is 24.9 Å². The first-order chi connectivity index (χ1) is 12.7. The molecule has 0 aliphatic rings. The van der Waals surface area contributed by atoms with Gasteiger partial charge in [-0.1, -0.05) is 18.2 Å². The fraction of sp³-hybridized carbons (Fsp3) is 0.105. The van der Waals surface area contributed by atoms with Gasteiger partial charge in [-0.15, -0.1) is 10.2 Å². The van der Waals surface area contributed by atoms with E-state index in [1.807, 2.05) is 24.3 Å². The topological polar surface area (TPSA) is 85.4 Å². The Hall–Kier alpha value is -3.61. The number of nitrogens with one attached hydrogen (secondary N) is 2. The second-order valence-corrected chi connectivity index (χ2v) is 5.35. The summed E-state index contributed by atoms with van der Waals surface area (Å²) in [7, 11) is 3.11. The molecule has 132 valence electrons. The first kappa shape index (κ1) is 17.2. The van der Waals surface area contributed by atoms with Crippen molar-refractivity contribution in [3.05, 3.63) is 60.7 Å². The molecule has 2 aromatic carbocycles. The monoisotopic (exact) mass is 350 g/mol. The minimum absolute atomic E-state index is 0.351. The molecule has 0 radical (unpaired) electrons. The SMILES string of the molecule is COc1cccc(NC(=O)Nc2cccc(-c3ccc(OC)nn3)c2)c1. The molecule has 0 saturated heterocycles. The largest absolute Gasteiger partial charge is 0.497 e. The van der Waals surface area contributed by atoms with Gasteiger partial charge in [-0.05, 0) is 30.3 Å². The first-order valence-electron chi connectivity index (χ1n) is 7.88. The molecule has 26 heavy (non-hydrogen) atoms. The molecule has 3 aromatic rings. The van der Waals surface area contributed by atoms with E-state index in [1.54, 1.807) is 43.5 Å². The summed E-state index contributed by atoms with van der Waals surface area (Å²) in [6, 6.07) is 17.7. The molecule has 0 saturated carbocycles. The average molecular weight is 350 g/mol. The smallest absolute Gasteiger partial charge is 0.323 e. The van der Waals surface area contributed by atoms with Gasteiger partial charge < -0.3 is 20.1 Å². The number of urea groups is 1. The quantitative estimate of drug-likeness (QED) is 0.731. The van der Waals surface area contributed by atoms with Gasteiger partial charge in [0.05, 0.1) is 19.9 Å². The fourth-order valence-electron chi connectivity index (χ4n) is 2.33. The van der Waals surface area contributed by atoms with E-state index in [1.165, 1.54) is 7.11 Å². The summed E-state index contributed by atoms with van der Waals surface area (Å²) in [6.45, 7) is 0. The van der Waals surface area contributed by atoms with E-state index in [0.717, 1.165) is 5.56 Å². The van der Waals surface area contributed by atoms with Crippen LogP contribution in [0.5, 0.6) is 11.6 Å². The van der Waals surface area contributed by atoms with E-state index in [-0.39, 0.29) is 6.03 Å². The molecule has 2 amide bonds. The van der Waals surface area contributed by atoms with Gasteiger partial charge in [-0.2, -0.15) is 0 Å². The number of amides is 2. The molecule has 0 bridgehead atoms. The lowest BCUT2D eigenvalue weighted by Crippen LogP contribution is -2.19. The number of aromatic nitrogens is 2. The van der Waals surface area contributed by atoms with E-state index in [4.69, 9.17) is 9.47 Å². The first-order valence-corrected chi connectivity index (χ1v) is 7.88. The summed E-state index contributed by atoms with van der Waals surface area (Å²) in [5.74, 6) is 1.11. The number of ether oxygens (including phenoxy) is 2. The maximum atomic E-state index is 12.2. The standard InChI is InChI=1S/C19H18N4O3/c1-25-16-8-4-7-15(12-16)21-19(24)20-14-6-3-5-13(11-14)17-9-10-18(26-2)23-22-17/h3-12H,1-2H3,(H2,20,21,24). The fourth-order valence-corrected chi connectivity index (χ4v) is 2.33. The van der Waals surface area contributed by atoms with Crippen LogP contribution in [0.3, 0.4) is 0 Å². The minimum atomic E-state index is -0.351. The molecular formula is C19H18N4O3. The van der Waals surface area contributed by atoms with Crippen molar-refractivity contribution in [2.45, 2.75) is 0 Å². The van der Waals surface area contributed by atoms with E-state index >= 15 is 0 Å². The van der Waals surface area contributed by atoms with Gasteiger partial charge >= 0.3 is 6.03 Å². The normalized spacial score (nSPS) is 10.1. The zero-order valence-corrected chi connectivity index (χ0v) is 14.4. The molecule has 1 heterocycles. The van der Waals surface area contributed by atoms with Gasteiger partial charge in [-0.25, -0.2) is 4.79 Å². The molecule has 7 heteroatoms. The van der Waals surface area contributed by atoms with Crippen molar-refractivity contribution < 1.29 is 14.3 Å². The number of benzene rings is 2. The third-order valence-corrected chi connectivity index (χ3v) is 3.59. The highest BCUT2D eigenvalue weighted by Crippen LogP contribution is 2.22. The maximum absolute atomic E-state index is 12.2. The van der Waals surface area contributed by atoms with Gasteiger partial charge in [0.1, 0.15) is 5.75 Å². The summed E-state index contributed by atoms with van der Waals surface area (Å²) < 4.78 is 10.1. The predicted molar refractivity (Wildman–Crippen MR) is 99.7 cm³/mol. The Balaban J connectivity index is 1.70. The Morgan fingerprint density at radius 1 is 0.846 bits per heavy atom. The highest BCUT2D eigenvalue weighted by atomic mass is 16.5. The second-order valence-electron chi connectivity index (χ2n) is 5.35. The van der Waals surface area contributed by atoms with Crippen LogP contribution in [0, 0.1) is 0 Å². The summed E-state index contributed by atoms with van der Waals surface area (Å²) in [5, 5.41) is 13.6. The van der Waals surface area contributed by atoms with Crippen LogP contribution in [0.2, 0.25) is 0 Å². The second kappa shape index (κ2) is 7.98. The maximum Gasteiger partial charge on any atom is 0.323 e. The van der Waals surface area contributed by atoms with Crippen LogP contribution in [-0.4, -0.2) is 30.4 Å². The van der Waals surface area contributed by atoms with Crippen molar-refractivity contribution in [3.8, 4) is 22.9 Å². The highest BCUT2D eigenvalue weighted by molar-refractivity contribution is 6.00. The molecule has 0 fully saturated rings. The molecule has 0 spiro atoms. The molecule has 1 aromatic heterocycles. The summed E-state index contributed by atoms with van der Waals surface area (Å²) in [4.78, 5) is 12.2. The van der Waals surface area contributed by atoms with E-state index in [2.05, 4.69) is 20.8 Å². The Morgan fingerprint density at radius 2 is 1.58 bits per heavy atom. The third-order valence-electron chi connectivity index (χ3n) is 3.59. The molecule has 0 unspecified atom stereocenters. The van der Waals surface area contributed by atoms with Crippen LogP contribution in [0.1, 0.15) is 0 Å². The molecule has 7 nitrogen and oxygen atoms in total. The lowest BCUT2D eigenvalue weighted by atomic mass is 10.1. The van der Waals surface area contributed by atoms with Crippen molar-refractivity contribution >= 4 is 17.4 Å². The van der Waals surface area contributed by atoms with E-state index in [0.29, 0.717) is 28.7 Å². The number of methoxy groups -OCH3 is 2. The predicted octanol–water partition coefficient (Wildman–Crippen LogP) is 3.80. The lowest BCUT2D eigenvalue weighted by molar-refractivity contribution is 0.262. The van der Waals surface area contributed by atoms with Gasteiger partial charge in [0.2, 0.25) is 5.88 Å². The van der Waals surface area contributed by atoms with Gasteiger partial charge in [0, 0.05) is 29.1 Å². The van der Waals surface area contributed by atoms with Gasteiger partial charge in [-0.3, -0.25) is 0 Å². The number of rotatable bonds is 5. The Bertz CT molecular complexity index is 897. The number of carbonyl (C=O) groups excluding carboxylic acids is 1. The van der Waals surface area contributed by atoms with Crippen LogP contribution in [0.4, 0.5) is 16.2 Å². The molecule has 0 aliphatic carbocycles. The number of hydrogen-bond acceptors (Lipinski definition) is 5. The molecule has 0 aliphatic heterocycles. The van der Waals surface area contributed by atoms with Crippen LogP contribution >= 0.6 is 0 Å². The highest BCUT2D eigenvalue weighted by Gasteiger charge is 2.06. The van der Waals surface area contributed by atoms with Crippen molar-refractivity contribution in [2.24, 2.45) is 0 Å². The molecule has 3 rings (SSSR count).